The molecule has 0 bridgehead atoms. The topological polar surface area (TPSA) is 12.5 Å². The van der Waals surface area contributed by atoms with E-state index in [0.29, 0.717) is 0 Å². The predicted molar refractivity (Wildman–Crippen MR) is 68.1 cm³/mol. The van der Waals surface area contributed by atoms with Gasteiger partial charge < -0.3 is 4.31 Å². The molecule has 0 aliphatic heterocycles. The Morgan fingerprint density at radius 3 is 2.57 bits per heavy atom. The van der Waals surface area contributed by atoms with Gasteiger partial charge in [-0.15, -0.1) is 0 Å². The Balaban J connectivity index is 0.00000169. The van der Waals surface area contributed by atoms with Gasteiger partial charge in [-0.2, -0.15) is 17.2 Å². The quantitative estimate of drug-likeness (QED) is 0.599. The third-order valence-electron chi connectivity index (χ3n) is 1.42. The molecule has 0 saturated carbocycles. The van der Waals surface area contributed by atoms with Gasteiger partial charge in [-0.25, -0.2) is 0 Å². The van der Waals surface area contributed by atoms with Crippen LogP contribution in [0.3, 0.4) is 0 Å². The molecule has 0 spiro atoms. The van der Waals surface area contributed by atoms with Crippen LogP contribution in [0, 0.1) is 0 Å². The summed E-state index contributed by atoms with van der Waals surface area (Å²) in [6, 6.07) is 10.0. The van der Waals surface area contributed by atoms with Crippen molar-refractivity contribution in [2.75, 3.05) is 7.05 Å². The molecule has 2 nitrogen and oxygen atoms in total. The second-order valence-electron chi connectivity index (χ2n) is 2.41. The molecule has 0 atom stereocenters. The van der Waals surface area contributed by atoms with Crippen LogP contribution in [0.4, 0.5) is 0 Å². The first kappa shape index (κ1) is 13.7. The molecule has 0 aliphatic rings. The third kappa shape index (κ3) is 5.44. The van der Waals surface area contributed by atoms with Gasteiger partial charge >= 0.3 is 0 Å². The van der Waals surface area contributed by atoms with E-state index in [0.717, 1.165) is 17.8 Å². The van der Waals surface area contributed by atoms with Gasteiger partial charge in [0.15, 0.2) is 0 Å². The summed E-state index contributed by atoms with van der Waals surface area (Å²) in [6.07, 6.45) is 3.85. The number of rotatable bonds is 4. The molecule has 0 aliphatic carbocycles. The Morgan fingerprint density at radius 2 is 2.00 bits per heavy atom. The smallest absolute Gasteiger partial charge is 0.134 e. The lowest BCUT2D eigenvalue weighted by Gasteiger charge is -2.06. The van der Waals surface area contributed by atoms with Crippen LogP contribution in [0.1, 0.15) is 5.56 Å². The average molecular weight is 250 g/mol. The van der Waals surface area contributed by atoms with E-state index in [1.54, 1.807) is 4.31 Å². The van der Waals surface area contributed by atoms with Gasteiger partial charge in [-0.05, 0) is 11.6 Å². The summed E-state index contributed by atoms with van der Waals surface area (Å²) >= 11 is 6.13. The lowest BCUT2D eigenvalue weighted by molar-refractivity contribution is 0.648. The van der Waals surface area contributed by atoms with Crippen molar-refractivity contribution in [1.29, 1.82) is 0 Å². The fourth-order valence-electron chi connectivity index (χ4n) is 0.824. The standard InChI is InChI=1S/C9H10ClNOS.H2S/c1-11(13-12-10)8-7-9-5-3-2-4-6-9;/h2-8H,1H3;1H2/b8-7-;. The number of halogens is 1. The van der Waals surface area contributed by atoms with Crippen LogP contribution in [-0.4, -0.2) is 11.4 Å². The van der Waals surface area contributed by atoms with Crippen molar-refractivity contribution in [2.24, 2.45) is 0 Å². The van der Waals surface area contributed by atoms with Crippen LogP contribution in [0.25, 0.3) is 6.08 Å². The molecule has 0 heterocycles. The van der Waals surface area contributed by atoms with Crippen molar-refractivity contribution >= 4 is 43.7 Å². The monoisotopic (exact) mass is 249 g/mol. The second kappa shape index (κ2) is 8.05. The lowest BCUT2D eigenvalue weighted by Crippen LogP contribution is -1.96. The largest absolute Gasteiger partial charge is 0.302 e. The zero-order chi connectivity index (χ0) is 9.52. The van der Waals surface area contributed by atoms with Crippen molar-refractivity contribution in [1.82, 2.24) is 4.31 Å². The van der Waals surface area contributed by atoms with E-state index in [2.05, 4.69) is 3.74 Å². The summed E-state index contributed by atoms with van der Waals surface area (Å²) in [4.78, 5) is 0. The maximum atomic E-state index is 5.07. The van der Waals surface area contributed by atoms with Crippen molar-refractivity contribution in [2.45, 2.75) is 0 Å². The molecule has 0 radical (unpaired) electrons. The van der Waals surface area contributed by atoms with Crippen molar-refractivity contribution < 1.29 is 3.74 Å². The average Bonchev–Trinajstić information content (AvgIpc) is 2.17. The van der Waals surface area contributed by atoms with Crippen LogP contribution >= 0.6 is 37.6 Å². The number of hydrogen-bond donors (Lipinski definition) is 0. The zero-order valence-electron chi connectivity index (χ0n) is 7.68. The normalized spacial score (nSPS) is 9.86. The van der Waals surface area contributed by atoms with Crippen molar-refractivity contribution in [3.8, 4) is 0 Å². The van der Waals surface area contributed by atoms with Gasteiger partial charge in [-0.1, -0.05) is 30.3 Å². The maximum absolute atomic E-state index is 5.07. The SMILES string of the molecule is CN(/C=C\c1ccccc1)SOCl.S. The fourth-order valence-corrected chi connectivity index (χ4v) is 1.29. The fraction of sp³-hybridized carbons (Fsp3) is 0.111. The summed E-state index contributed by atoms with van der Waals surface area (Å²) < 4.78 is 6.12. The summed E-state index contributed by atoms with van der Waals surface area (Å²) in [6.45, 7) is 0. The molecule has 1 aromatic rings. The van der Waals surface area contributed by atoms with E-state index in [-0.39, 0.29) is 13.5 Å². The molecule has 0 unspecified atom stereocenters. The second-order valence-corrected chi connectivity index (χ2v) is 3.64. The molecular weight excluding hydrogens is 238 g/mol. The van der Waals surface area contributed by atoms with Gasteiger partial charge in [0.05, 0.1) is 11.9 Å². The van der Waals surface area contributed by atoms with E-state index in [4.69, 9.17) is 11.9 Å². The maximum Gasteiger partial charge on any atom is 0.134 e. The Morgan fingerprint density at radius 1 is 1.36 bits per heavy atom. The Kier molecular flexibility index (Phi) is 7.89. The highest BCUT2D eigenvalue weighted by molar-refractivity contribution is 7.93. The molecule has 0 fully saturated rings. The van der Waals surface area contributed by atoms with Crippen LogP contribution < -0.4 is 0 Å². The molecule has 1 rings (SSSR count). The van der Waals surface area contributed by atoms with Gasteiger partial charge in [0.2, 0.25) is 0 Å². The summed E-state index contributed by atoms with van der Waals surface area (Å²) in [5.41, 5.74) is 1.14. The lowest BCUT2D eigenvalue weighted by atomic mass is 10.2. The van der Waals surface area contributed by atoms with Gasteiger partial charge in [-0.3, -0.25) is 0 Å². The zero-order valence-corrected chi connectivity index (χ0v) is 10.3. The highest BCUT2D eigenvalue weighted by atomic mass is 35.5. The van der Waals surface area contributed by atoms with E-state index in [9.17, 15) is 0 Å². The third-order valence-corrected chi connectivity index (χ3v) is 2.00. The van der Waals surface area contributed by atoms with Gasteiger partial charge in [0, 0.05) is 13.2 Å². The summed E-state index contributed by atoms with van der Waals surface area (Å²) in [7, 11) is 1.85. The predicted octanol–water partition coefficient (Wildman–Crippen LogP) is 3.44. The minimum atomic E-state index is 0. The number of nitrogens with zero attached hydrogens (tertiary/aromatic N) is 1. The van der Waals surface area contributed by atoms with E-state index in [1.165, 1.54) is 0 Å². The van der Waals surface area contributed by atoms with Crippen LogP contribution in [0.15, 0.2) is 36.5 Å². The molecule has 78 valence electrons. The van der Waals surface area contributed by atoms with Crippen molar-refractivity contribution in [3.63, 3.8) is 0 Å². The Hall–Kier alpha value is -0.290. The molecule has 0 amide bonds. The molecule has 5 heteroatoms. The highest BCUT2D eigenvalue weighted by Gasteiger charge is 1.90. The molecular formula is C9H12ClNOS2. The first-order valence-corrected chi connectivity index (χ1v) is 4.75. The first-order chi connectivity index (χ1) is 6.33. The number of benzene rings is 1. The minimum absolute atomic E-state index is 0. The van der Waals surface area contributed by atoms with Crippen LogP contribution in [0.2, 0.25) is 0 Å². The van der Waals surface area contributed by atoms with E-state index in [1.807, 2.05) is 49.7 Å². The van der Waals surface area contributed by atoms with Crippen molar-refractivity contribution in [3.05, 3.63) is 42.1 Å². The van der Waals surface area contributed by atoms with Gasteiger partial charge in [0.1, 0.15) is 12.2 Å². The minimum Gasteiger partial charge on any atom is -0.302 e. The molecule has 1 aromatic carbocycles. The summed E-state index contributed by atoms with van der Waals surface area (Å²) in [5.74, 6) is 0. The Labute approximate surface area is 101 Å². The van der Waals surface area contributed by atoms with E-state index < -0.39 is 0 Å². The number of hydrogen-bond acceptors (Lipinski definition) is 3. The van der Waals surface area contributed by atoms with E-state index >= 15 is 0 Å². The molecule has 0 N–H and O–H groups in total. The first-order valence-electron chi connectivity index (χ1n) is 3.74. The van der Waals surface area contributed by atoms with Crippen LogP contribution in [-0.2, 0) is 3.74 Å². The van der Waals surface area contributed by atoms with Crippen LogP contribution in [0.5, 0.6) is 0 Å². The van der Waals surface area contributed by atoms with Gasteiger partial charge in [0.25, 0.3) is 0 Å². The molecule has 14 heavy (non-hydrogen) atoms. The molecule has 0 aromatic heterocycles. The Bertz CT molecular complexity index is 269. The summed E-state index contributed by atoms with van der Waals surface area (Å²) in [5, 5.41) is 0. The highest BCUT2D eigenvalue weighted by Crippen LogP contribution is 2.12. The molecule has 0 saturated heterocycles.